The van der Waals surface area contributed by atoms with E-state index in [0.29, 0.717) is 12.2 Å². The summed E-state index contributed by atoms with van der Waals surface area (Å²) in [5.74, 6) is -0.341. The third-order valence-electron chi connectivity index (χ3n) is 4.88. The average molecular weight is 354 g/mol. The number of fused-ring (bicyclic) bond motifs is 3. The lowest BCUT2D eigenvalue weighted by atomic mass is 9.87. The molecule has 3 aromatic rings. The van der Waals surface area contributed by atoms with Gasteiger partial charge in [-0.1, -0.05) is 48.5 Å². The number of anilines is 1. The van der Waals surface area contributed by atoms with Crippen molar-refractivity contribution in [2.45, 2.75) is 12.5 Å². The molecule has 1 N–H and O–H groups in total. The molecule has 0 atom stereocenters. The number of rotatable bonds is 4. The van der Waals surface area contributed by atoms with Crippen LogP contribution in [0.3, 0.4) is 0 Å². The Hall–Kier alpha value is -3.58. The predicted molar refractivity (Wildman–Crippen MR) is 104 cm³/mol. The molecule has 0 aliphatic heterocycles. The van der Waals surface area contributed by atoms with Crippen LogP contribution in [0.25, 0.3) is 11.1 Å². The van der Waals surface area contributed by atoms with Gasteiger partial charge in [0.25, 0.3) is 0 Å². The van der Waals surface area contributed by atoms with Gasteiger partial charge in [-0.25, -0.2) is 4.79 Å². The molecule has 0 saturated carbocycles. The Labute approximate surface area is 158 Å². The van der Waals surface area contributed by atoms with Crippen molar-refractivity contribution in [3.8, 4) is 17.2 Å². The number of hydrogen-bond acceptors (Lipinski definition) is 4. The number of hydrogen-bond donors (Lipinski definition) is 1. The van der Waals surface area contributed by atoms with Gasteiger partial charge in [0.15, 0.2) is 5.54 Å². The maximum atomic E-state index is 13.3. The van der Waals surface area contributed by atoms with E-state index in [0.717, 1.165) is 27.9 Å². The minimum atomic E-state index is -1.13. The van der Waals surface area contributed by atoms with Crippen molar-refractivity contribution in [1.82, 2.24) is 0 Å². The van der Waals surface area contributed by atoms with E-state index < -0.39 is 5.54 Å². The molecule has 0 heterocycles. The van der Waals surface area contributed by atoms with E-state index in [1.165, 1.54) is 0 Å². The summed E-state index contributed by atoms with van der Waals surface area (Å²) < 4.78 is 5.51. The second-order valence-corrected chi connectivity index (χ2v) is 6.38. The standard InChI is InChI=1S/C23H18N2O2/c1-2-27-22(26)23(25-17-13-11-16(15-24)12-14-17)20-9-5-3-7-18(20)19-8-4-6-10-21(19)23/h3-14,25H,2H2,1H3. The first-order valence-corrected chi connectivity index (χ1v) is 8.85. The number of nitrogens with zero attached hydrogens (tertiary/aromatic N) is 1. The monoisotopic (exact) mass is 354 g/mol. The Bertz CT molecular complexity index is 1000. The van der Waals surface area contributed by atoms with Gasteiger partial charge < -0.3 is 10.1 Å². The lowest BCUT2D eigenvalue weighted by Gasteiger charge is -2.31. The summed E-state index contributed by atoms with van der Waals surface area (Å²) >= 11 is 0. The fourth-order valence-corrected chi connectivity index (χ4v) is 3.72. The van der Waals surface area contributed by atoms with Crippen LogP contribution in [0.5, 0.6) is 0 Å². The lowest BCUT2D eigenvalue weighted by Crippen LogP contribution is -2.44. The highest BCUT2D eigenvalue weighted by molar-refractivity contribution is 6.00. The van der Waals surface area contributed by atoms with Crippen LogP contribution in [0.1, 0.15) is 23.6 Å². The molecule has 0 radical (unpaired) electrons. The molecule has 0 spiro atoms. The van der Waals surface area contributed by atoms with Gasteiger partial charge in [-0.05, 0) is 42.3 Å². The molecule has 0 saturated heterocycles. The molecule has 0 amide bonds. The summed E-state index contributed by atoms with van der Waals surface area (Å²) in [6.45, 7) is 2.10. The van der Waals surface area contributed by atoms with E-state index >= 15 is 0 Å². The Balaban J connectivity index is 1.94. The highest BCUT2D eigenvalue weighted by atomic mass is 16.5. The van der Waals surface area contributed by atoms with E-state index in [9.17, 15) is 4.79 Å². The highest BCUT2D eigenvalue weighted by Gasteiger charge is 2.50. The SMILES string of the molecule is CCOC(=O)C1(Nc2ccc(C#N)cc2)c2ccccc2-c2ccccc21. The summed E-state index contributed by atoms with van der Waals surface area (Å²) in [5.41, 5.74) is 3.95. The van der Waals surface area contributed by atoms with Crippen LogP contribution in [0.2, 0.25) is 0 Å². The first kappa shape index (κ1) is 16.9. The second kappa shape index (κ2) is 6.62. The van der Waals surface area contributed by atoms with Crippen molar-refractivity contribution >= 4 is 11.7 Å². The van der Waals surface area contributed by atoms with Crippen molar-refractivity contribution in [3.63, 3.8) is 0 Å². The van der Waals surface area contributed by atoms with Crippen LogP contribution in [-0.2, 0) is 15.1 Å². The largest absolute Gasteiger partial charge is 0.464 e. The number of nitrogens with one attached hydrogen (secondary N) is 1. The van der Waals surface area contributed by atoms with Gasteiger partial charge >= 0.3 is 5.97 Å². The Morgan fingerprint density at radius 3 is 2.04 bits per heavy atom. The van der Waals surface area contributed by atoms with Gasteiger partial charge in [0.1, 0.15) is 0 Å². The zero-order valence-corrected chi connectivity index (χ0v) is 14.9. The Morgan fingerprint density at radius 1 is 0.963 bits per heavy atom. The molecule has 4 rings (SSSR count). The Kier molecular flexibility index (Phi) is 4.13. The van der Waals surface area contributed by atoms with Crippen molar-refractivity contribution in [2.24, 2.45) is 0 Å². The van der Waals surface area contributed by atoms with E-state index in [1.54, 1.807) is 19.1 Å². The molecular weight excluding hydrogens is 336 g/mol. The molecule has 0 aromatic heterocycles. The summed E-state index contributed by atoms with van der Waals surface area (Å²) in [6, 6.07) is 25.0. The Morgan fingerprint density at radius 2 is 1.52 bits per heavy atom. The summed E-state index contributed by atoms with van der Waals surface area (Å²) in [4.78, 5) is 13.3. The minimum Gasteiger partial charge on any atom is -0.464 e. The number of carbonyl (C=O) groups is 1. The van der Waals surface area contributed by atoms with Gasteiger partial charge in [0.05, 0.1) is 18.2 Å². The molecule has 1 aliphatic rings. The van der Waals surface area contributed by atoms with E-state index in [1.807, 2.05) is 60.7 Å². The van der Waals surface area contributed by atoms with Gasteiger partial charge in [-0.2, -0.15) is 5.26 Å². The quantitative estimate of drug-likeness (QED) is 0.703. The number of benzene rings is 3. The molecular formula is C23H18N2O2. The second-order valence-electron chi connectivity index (χ2n) is 6.38. The zero-order valence-electron chi connectivity index (χ0n) is 14.9. The van der Waals surface area contributed by atoms with E-state index in [2.05, 4.69) is 11.4 Å². The van der Waals surface area contributed by atoms with Gasteiger partial charge in [0.2, 0.25) is 0 Å². The topological polar surface area (TPSA) is 62.1 Å². The predicted octanol–water partition coefficient (Wildman–Crippen LogP) is 4.46. The van der Waals surface area contributed by atoms with Crippen molar-refractivity contribution in [1.29, 1.82) is 5.26 Å². The maximum Gasteiger partial charge on any atom is 0.341 e. The molecule has 0 fully saturated rings. The average Bonchev–Trinajstić information content (AvgIpc) is 3.00. The normalized spacial score (nSPS) is 13.2. The van der Waals surface area contributed by atoms with Crippen LogP contribution in [0, 0.1) is 11.3 Å². The molecule has 0 bridgehead atoms. The van der Waals surface area contributed by atoms with Crippen LogP contribution in [-0.4, -0.2) is 12.6 Å². The molecule has 3 aromatic carbocycles. The smallest absolute Gasteiger partial charge is 0.341 e. The first-order valence-electron chi connectivity index (χ1n) is 8.85. The number of ether oxygens (including phenoxy) is 1. The molecule has 27 heavy (non-hydrogen) atoms. The number of nitriles is 1. The number of carbonyl (C=O) groups excluding carboxylic acids is 1. The van der Waals surface area contributed by atoms with Crippen molar-refractivity contribution in [3.05, 3.63) is 89.5 Å². The fourth-order valence-electron chi connectivity index (χ4n) is 3.72. The fraction of sp³-hybridized carbons (Fsp3) is 0.130. The third kappa shape index (κ3) is 2.56. The van der Waals surface area contributed by atoms with E-state index in [4.69, 9.17) is 10.00 Å². The summed E-state index contributed by atoms with van der Waals surface area (Å²) in [6.07, 6.45) is 0. The van der Waals surface area contributed by atoms with Gasteiger partial charge in [-0.3, -0.25) is 0 Å². The summed E-state index contributed by atoms with van der Waals surface area (Å²) in [7, 11) is 0. The van der Waals surface area contributed by atoms with Crippen LogP contribution < -0.4 is 5.32 Å². The maximum absolute atomic E-state index is 13.3. The van der Waals surface area contributed by atoms with Crippen LogP contribution in [0.15, 0.2) is 72.8 Å². The lowest BCUT2D eigenvalue weighted by molar-refractivity contribution is -0.147. The van der Waals surface area contributed by atoms with Crippen LogP contribution >= 0.6 is 0 Å². The number of esters is 1. The third-order valence-corrected chi connectivity index (χ3v) is 4.88. The zero-order chi connectivity index (χ0) is 18.9. The molecule has 4 nitrogen and oxygen atoms in total. The summed E-state index contributed by atoms with van der Waals surface area (Å²) in [5, 5.41) is 12.5. The molecule has 132 valence electrons. The highest BCUT2D eigenvalue weighted by Crippen LogP contribution is 2.49. The van der Waals surface area contributed by atoms with Crippen LogP contribution in [0.4, 0.5) is 5.69 Å². The van der Waals surface area contributed by atoms with Gasteiger partial charge in [0, 0.05) is 16.8 Å². The molecule has 1 aliphatic carbocycles. The minimum absolute atomic E-state index is 0.292. The van der Waals surface area contributed by atoms with E-state index in [-0.39, 0.29) is 5.97 Å². The molecule has 4 heteroatoms. The molecule has 0 unspecified atom stereocenters. The van der Waals surface area contributed by atoms with Crippen molar-refractivity contribution < 1.29 is 9.53 Å². The van der Waals surface area contributed by atoms with Gasteiger partial charge in [-0.15, -0.1) is 0 Å². The van der Waals surface area contributed by atoms with Crippen molar-refractivity contribution in [2.75, 3.05) is 11.9 Å². The first-order chi connectivity index (χ1) is 13.2.